The Balaban J connectivity index is 2.54. The number of ether oxygens (including phenoxy) is 2. The van der Waals surface area contributed by atoms with E-state index in [4.69, 9.17) is 9.47 Å². The van der Waals surface area contributed by atoms with Gasteiger partial charge in [0.05, 0.1) is 18.8 Å². The van der Waals surface area contributed by atoms with Crippen LogP contribution in [0, 0.1) is 0 Å². The van der Waals surface area contributed by atoms with E-state index < -0.39 is 5.97 Å². The molecule has 1 aromatic carbocycles. The summed E-state index contributed by atoms with van der Waals surface area (Å²) in [7, 11) is 1.33. The van der Waals surface area contributed by atoms with Crippen LogP contribution in [0.3, 0.4) is 0 Å². The van der Waals surface area contributed by atoms with Crippen LogP contribution in [0.4, 0.5) is 0 Å². The Labute approximate surface area is 111 Å². The predicted octanol–water partition coefficient (Wildman–Crippen LogP) is 1.55. The lowest BCUT2D eigenvalue weighted by Gasteiger charge is -2.21. The van der Waals surface area contributed by atoms with Crippen molar-refractivity contribution in [3.8, 4) is 5.75 Å². The first-order chi connectivity index (χ1) is 9.02. The van der Waals surface area contributed by atoms with Crippen LogP contribution in [0.5, 0.6) is 5.75 Å². The summed E-state index contributed by atoms with van der Waals surface area (Å²) in [6.45, 7) is 4.30. The number of nitrogens with one attached hydrogen (secondary N) is 1. The van der Waals surface area contributed by atoms with Crippen LogP contribution < -0.4 is 10.1 Å². The third-order valence-electron chi connectivity index (χ3n) is 2.91. The van der Waals surface area contributed by atoms with Crippen LogP contribution >= 0.6 is 0 Å². The molecule has 0 saturated heterocycles. The summed E-state index contributed by atoms with van der Waals surface area (Å²) in [5, 5.41) is 2.76. The highest BCUT2D eigenvalue weighted by Gasteiger charge is 2.24. The third kappa shape index (κ3) is 2.70. The second kappa shape index (κ2) is 5.30. The van der Waals surface area contributed by atoms with Gasteiger partial charge >= 0.3 is 5.97 Å². The van der Waals surface area contributed by atoms with Crippen molar-refractivity contribution in [2.45, 2.75) is 26.4 Å². The first kappa shape index (κ1) is 13.4. The van der Waals surface area contributed by atoms with Crippen molar-refractivity contribution in [2.75, 3.05) is 13.7 Å². The predicted molar refractivity (Wildman–Crippen MR) is 69.6 cm³/mol. The number of carbonyl (C=O) groups excluding carboxylic acids is 2. The molecule has 2 rings (SSSR count). The molecular weight excluding hydrogens is 246 g/mol. The zero-order chi connectivity index (χ0) is 14.0. The minimum atomic E-state index is -0.444. The summed E-state index contributed by atoms with van der Waals surface area (Å²) in [5.74, 6) is -0.119. The largest absolute Gasteiger partial charge is 0.491 e. The molecule has 1 amide bonds. The van der Waals surface area contributed by atoms with Crippen molar-refractivity contribution < 1.29 is 19.1 Å². The van der Waals surface area contributed by atoms with Crippen LogP contribution in [-0.4, -0.2) is 31.6 Å². The number of rotatable bonds is 3. The van der Waals surface area contributed by atoms with Crippen LogP contribution in [0.2, 0.25) is 0 Å². The Morgan fingerprint density at radius 2 is 2.11 bits per heavy atom. The molecule has 0 unspecified atom stereocenters. The normalized spacial score (nSPS) is 13.8. The van der Waals surface area contributed by atoms with E-state index in [1.54, 1.807) is 12.1 Å². The Kier molecular flexibility index (Phi) is 3.74. The van der Waals surface area contributed by atoms with E-state index in [1.165, 1.54) is 7.11 Å². The molecular formula is C14H17NO4. The number of methoxy groups -OCH3 is 1. The minimum Gasteiger partial charge on any atom is -0.491 e. The highest BCUT2D eigenvalue weighted by atomic mass is 16.5. The summed E-state index contributed by atoms with van der Waals surface area (Å²) in [4.78, 5) is 23.7. The topological polar surface area (TPSA) is 64.6 Å². The van der Waals surface area contributed by atoms with Gasteiger partial charge in [-0.2, -0.15) is 0 Å². The van der Waals surface area contributed by atoms with Gasteiger partial charge in [0.1, 0.15) is 5.75 Å². The van der Waals surface area contributed by atoms with Gasteiger partial charge in [0.15, 0.2) is 0 Å². The molecule has 1 aliphatic rings. The van der Waals surface area contributed by atoms with Crippen molar-refractivity contribution in [3.05, 3.63) is 28.8 Å². The van der Waals surface area contributed by atoms with Gasteiger partial charge in [0.2, 0.25) is 0 Å². The van der Waals surface area contributed by atoms with Gasteiger partial charge in [0, 0.05) is 12.1 Å². The van der Waals surface area contributed by atoms with Gasteiger partial charge in [-0.3, -0.25) is 4.79 Å². The van der Waals surface area contributed by atoms with Gasteiger partial charge in [-0.05, 0) is 38.0 Å². The Hall–Kier alpha value is -2.04. The van der Waals surface area contributed by atoms with Gasteiger partial charge in [-0.1, -0.05) is 0 Å². The van der Waals surface area contributed by atoms with Gasteiger partial charge in [0.25, 0.3) is 5.91 Å². The maximum Gasteiger partial charge on any atom is 0.338 e. The van der Waals surface area contributed by atoms with E-state index in [1.807, 2.05) is 13.8 Å². The summed E-state index contributed by atoms with van der Waals surface area (Å²) < 4.78 is 10.3. The zero-order valence-corrected chi connectivity index (χ0v) is 11.3. The minimum absolute atomic E-state index is 0.0322. The fourth-order valence-corrected chi connectivity index (χ4v) is 2.15. The van der Waals surface area contributed by atoms with Crippen molar-refractivity contribution in [1.82, 2.24) is 5.32 Å². The summed E-state index contributed by atoms with van der Waals surface area (Å²) in [5.41, 5.74) is 1.63. The van der Waals surface area contributed by atoms with Crippen LogP contribution in [-0.2, 0) is 11.2 Å². The van der Waals surface area contributed by atoms with Crippen LogP contribution in [0.1, 0.15) is 40.1 Å². The number of amides is 1. The SMILES string of the molecule is COC(=O)c1cc(OC(C)C)cc2c1CCNC2=O. The maximum atomic E-state index is 11.9. The molecule has 0 aliphatic carbocycles. The molecule has 5 nitrogen and oxygen atoms in total. The summed E-state index contributed by atoms with van der Waals surface area (Å²) in [6.07, 6.45) is 0.586. The molecule has 1 heterocycles. The smallest absolute Gasteiger partial charge is 0.338 e. The molecule has 102 valence electrons. The zero-order valence-electron chi connectivity index (χ0n) is 11.3. The molecule has 1 N–H and O–H groups in total. The summed E-state index contributed by atoms with van der Waals surface area (Å²) >= 11 is 0. The van der Waals surface area contributed by atoms with E-state index in [0.29, 0.717) is 29.8 Å². The highest BCUT2D eigenvalue weighted by molar-refractivity contribution is 6.02. The molecule has 1 aromatic rings. The maximum absolute atomic E-state index is 11.9. The molecule has 0 saturated carbocycles. The first-order valence-corrected chi connectivity index (χ1v) is 6.23. The lowest BCUT2D eigenvalue weighted by molar-refractivity contribution is 0.0598. The summed E-state index contributed by atoms with van der Waals surface area (Å²) in [6, 6.07) is 3.32. The number of benzene rings is 1. The second-order valence-corrected chi connectivity index (χ2v) is 4.66. The van der Waals surface area contributed by atoms with Gasteiger partial charge < -0.3 is 14.8 Å². The number of fused-ring (bicyclic) bond motifs is 1. The van der Waals surface area contributed by atoms with E-state index in [0.717, 1.165) is 5.56 Å². The standard InChI is InChI=1S/C14H17NO4/c1-8(2)19-9-6-11-10(4-5-15-13(11)16)12(7-9)14(17)18-3/h6-8H,4-5H2,1-3H3,(H,15,16). The van der Waals surface area contributed by atoms with Crippen LogP contribution in [0.15, 0.2) is 12.1 Å². The van der Waals surface area contributed by atoms with E-state index >= 15 is 0 Å². The van der Waals surface area contributed by atoms with E-state index in [9.17, 15) is 9.59 Å². The Bertz CT molecular complexity index is 522. The molecule has 0 radical (unpaired) electrons. The van der Waals surface area contributed by atoms with Crippen molar-refractivity contribution in [2.24, 2.45) is 0 Å². The van der Waals surface area contributed by atoms with E-state index in [2.05, 4.69) is 5.32 Å². The van der Waals surface area contributed by atoms with Gasteiger partial charge in [-0.15, -0.1) is 0 Å². The third-order valence-corrected chi connectivity index (χ3v) is 2.91. The molecule has 0 spiro atoms. The van der Waals surface area contributed by atoms with Gasteiger partial charge in [-0.25, -0.2) is 4.79 Å². The average molecular weight is 263 g/mol. The lowest BCUT2D eigenvalue weighted by Crippen LogP contribution is -2.33. The molecule has 5 heteroatoms. The van der Waals surface area contributed by atoms with Crippen molar-refractivity contribution in [3.63, 3.8) is 0 Å². The molecule has 19 heavy (non-hydrogen) atoms. The Morgan fingerprint density at radius 3 is 2.74 bits per heavy atom. The van der Waals surface area contributed by atoms with Crippen molar-refractivity contribution in [1.29, 1.82) is 0 Å². The molecule has 0 aromatic heterocycles. The van der Waals surface area contributed by atoms with E-state index in [-0.39, 0.29) is 12.0 Å². The number of hydrogen-bond acceptors (Lipinski definition) is 4. The van der Waals surface area contributed by atoms with Crippen molar-refractivity contribution >= 4 is 11.9 Å². The monoisotopic (exact) mass is 263 g/mol. The molecule has 1 aliphatic heterocycles. The number of carbonyl (C=O) groups is 2. The highest BCUT2D eigenvalue weighted by Crippen LogP contribution is 2.26. The quantitative estimate of drug-likeness (QED) is 0.840. The molecule has 0 fully saturated rings. The molecule has 0 bridgehead atoms. The Morgan fingerprint density at radius 1 is 1.37 bits per heavy atom. The number of esters is 1. The first-order valence-electron chi connectivity index (χ1n) is 6.23. The average Bonchev–Trinajstić information content (AvgIpc) is 2.37. The second-order valence-electron chi connectivity index (χ2n) is 4.66. The lowest BCUT2D eigenvalue weighted by atomic mass is 9.94. The van der Waals surface area contributed by atoms with Crippen LogP contribution in [0.25, 0.3) is 0 Å². The molecule has 0 atom stereocenters. The fraction of sp³-hybridized carbons (Fsp3) is 0.429. The fourth-order valence-electron chi connectivity index (χ4n) is 2.15. The number of hydrogen-bond donors (Lipinski definition) is 1.